The number of hydrogen-bond acceptors (Lipinski definition) is 6. The van der Waals surface area contributed by atoms with Crippen LogP contribution in [0.15, 0.2) is 0 Å². The molecule has 8 heteroatoms. The fraction of sp³-hybridized carbons (Fsp3) is 0.944. The van der Waals surface area contributed by atoms with Crippen molar-refractivity contribution in [2.45, 2.75) is 136 Å². The van der Waals surface area contributed by atoms with E-state index in [2.05, 4.69) is 45.3 Å². The van der Waals surface area contributed by atoms with Gasteiger partial charge in [-0.3, -0.25) is 0 Å². The summed E-state index contributed by atoms with van der Waals surface area (Å²) in [5.41, 5.74) is 1.26. The number of hydrogen-bond donors (Lipinski definition) is 2. The molecule has 0 aromatic carbocycles. The maximum absolute atomic E-state index is 12.8. The van der Waals surface area contributed by atoms with Crippen molar-refractivity contribution in [1.82, 2.24) is 15.5 Å². The number of amides is 2. The van der Waals surface area contributed by atoms with E-state index >= 15 is 0 Å². The fourth-order valence-electron chi connectivity index (χ4n) is 12.8. The summed E-state index contributed by atoms with van der Waals surface area (Å²) in [4.78, 5) is 27.4. The quantitative estimate of drug-likeness (QED) is 0.389. The molecule has 5 saturated carbocycles. The average Bonchev–Trinajstić information content (AvgIpc) is 3.50. The van der Waals surface area contributed by atoms with Gasteiger partial charge in [0, 0.05) is 31.6 Å². The predicted octanol–water partition coefficient (Wildman–Crippen LogP) is 6.13. The summed E-state index contributed by atoms with van der Waals surface area (Å²) in [6.07, 6.45) is 13.1. The minimum Gasteiger partial charge on any atom is -0.446 e. The van der Waals surface area contributed by atoms with E-state index in [1.54, 1.807) is 0 Å². The first-order chi connectivity index (χ1) is 21.0. The molecule has 2 N–H and O–H groups in total. The van der Waals surface area contributed by atoms with Crippen LogP contribution in [0.1, 0.15) is 105 Å². The fourth-order valence-corrected chi connectivity index (χ4v) is 12.8. The molecule has 0 bridgehead atoms. The Morgan fingerprint density at radius 3 is 2.39 bits per heavy atom. The number of nitrogens with zero attached hydrogens (tertiary/aromatic N) is 1. The Balaban J connectivity index is 0.960. The molecule has 0 aromatic rings. The van der Waals surface area contributed by atoms with Gasteiger partial charge in [-0.2, -0.15) is 0 Å². The summed E-state index contributed by atoms with van der Waals surface area (Å²) < 4.78 is 19.3. The molecule has 246 valence electrons. The normalized spacial score (nSPS) is 47.4. The lowest BCUT2D eigenvalue weighted by molar-refractivity contribution is -0.151. The highest BCUT2D eigenvalue weighted by atomic mass is 16.6. The first kappa shape index (κ1) is 29.8. The van der Waals surface area contributed by atoms with Crippen LogP contribution in [-0.2, 0) is 14.2 Å². The van der Waals surface area contributed by atoms with Crippen LogP contribution in [-0.4, -0.2) is 73.7 Å². The zero-order valence-corrected chi connectivity index (χ0v) is 27.9. The molecule has 44 heavy (non-hydrogen) atoms. The minimum absolute atomic E-state index is 0.00186. The van der Waals surface area contributed by atoms with Crippen LogP contribution >= 0.6 is 0 Å². The van der Waals surface area contributed by atoms with Gasteiger partial charge in [-0.25, -0.2) is 9.59 Å². The lowest BCUT2D eigenvalue weighted by Crippen LogP contribution is -2.59. The number of likely N-dealkylation sites (tertiary alicyclic amines) is 1. The van der Waals surface area contributed by atoms with E-state index in [0.29, 0.717) is 34.2 Å². The third kappa shape index (κ3) is 4.20. The van der Waals surface area contributed by atoms with Gasteiger partial charge in [0.2, 0.25) is 0 Å². The molecule has 0 aromatic heterocycles. The smallest absolute Gasteiger partial charge is 0.410 e. The number of nitrogens with one attached hydrogen (secondary N) is 2. The standard InChI is InChI=1S/C36H57N3O5/c1-21(2)30(44-32(41)39-15-6-16-39)26-9-7-24-27(42-26)17-25-23-8-10-28-33(3,4)29(43-31(40)38-22-18-37-19-22)11-12-36(28)20-35(23,36)14-13-34(24,25)5/h21-30,37H,6-20H2,1-5H3,(H,38,40)/t23?,24?,25?,26?,27?,28?,29-,30+,34+,35-,36+/m0/s1. The van der Waals surface area contributed by atoms with E-state index in [0.717, 1.165) is 57.3 Å². The van der Waals surface area contributed by atoms with Crippen molar-refractivity contribution in [2.75, 3.05) is 26.2 Å². The van der Waals surface area contributed by atoms with Gasteiger partial charge in [0.05, 0.1) is 18.2 Å². The van der Waals surface area contributed by atoms with E-state index in [9.17, 15) is 9.59 Å². The van der Waals surface area contributed by atoms with Gasteiger partial charge in [-0.05, 0) is 116 Å². The van der Waals surface area contributed by atoms with Crippen LogP contribution in [0, 0.1) is 51.2 Å². The monoisotopic (exact) mass is 611 g/mol. The largest absolute Gasteiger partial charge is 0.446 e. The lowest BCUT2D eigenvalue weighted by atomic mass is 9.46. The molecule has 3 heterocycles. The first-order valence-corrected chi connectivity index (χ1v) is 18.3. The summed E-state index contributed by atoms with van der Waals surface area (Å²) in [6, 6.07) is 0.213. The number of ether oxygens (including phenoxy) is 3. The molecular formula is C36H57N3O5. The van der Waals surface area contributed by atoms with Crippen LogP contribution in [0.5, 0.6) is 0 Å². The Labute approximate surface area is 264 Å². The Morgan fingerprint density at radius 1 is 0.932 bits per heavy atom. The van der Waals surface area contributed by atoms with Crippen LogP contribution in [0.4, 0.5) is 9.59 Å². The summed E-state index contributed by atoms with van der Waals surface area (Å²) >= 11 is 0. The summed E-state index contributed by atoms with van der Waals surface area (Å²) in [7, 11) is 0. The zero-order valence-electron chi connectivity index (χ0n) is 27.9. The Morgan fingerprint density at radius 2 is 1.70 bits per heavy atom. The molecule has 8 nitrogen and oxygen atoms in total. The Hall–Kier alpha value is -1.54. The van der Waals surface area contributed by atoms with Crippen LogP contribution < -0.4 is 10.6 Å². The third-order valence-corrected chi connectivity index (χ3v) is 15.3. The number of carbonyl (C=O) groups excluding carboxylic acids is 2. The molecule has 8 aliphatic rings. The van der Waals surface area contributed by atoms with E-state index < -0.39 is 0 Å². The van der Waals surface area contributed by atoms with Gasteiger partial charge < -0.3 is 29.7 Å². The van der Waals surface area contributed by atoms with Crippen molar-refractivity contribution < 1.29 is 23.8 Å². The van der Waals surface area contributed by atoms with Gasteiger partial charge >= 0.3 is 12.2 Å². The molecule has 2 spiro atoms. The number of fused-ring (bicyclic) bond motifs is 4. The van der Waals surface area contributed by atoms with Crippen molar-refractivity contribution in [2.24, 2.45) is 51.2 Å². The van der Waals surface area contributed by atoms with Crippen LogP contribution in [0.25, 0.3) is 0 Å². The lowest BCUT2D eigenvalue weighted by Gasteiger charge is -2.59. The molecule has 8 rings (SSSR count). The van der Waals surface area contributed by atoms with E-state index in [-0.39, 0.29) is 47.9 Å². The highest BCUT2D eigenvalue weighted by Crippen LogP contribution is 2.87. The number of rotatable bonds is 5. The highest BCUT2D eigenvalue weighted by molar-refractivity contribution is 5.69. The van der Waals surface area contributed by atoms with Crippen LogP contribution in [0.3, 0.4) is 0 Å². The van der Waals surface area contributed by atoms with Gasteiger partial charge in [-0.1, -0.05) is 34.6 Å². The molecule has 3 aliphatic heterocycles. The van der Waals surface area contributed by atoms with Gasteiger partial charge in [0.25, 0.3) is 0 Å². The second-order valence-corrected chi connectivity index (χ2v) is 17.7. The maximum Gasteiger partial charge on any atom is 0.410 e. The molecule has 0 radical (unpaired) electrons. The topological polar surface area (TPSA) is 89.1 Å². The number of alkyl carbamates (subject to hydrolysis) is 1. The molecule has 6 unspecified atom stereocenters. The minimum atomic E-state index is -0.222. The maximum atomic E-state index is 12.8. The SMILES string of the molecule is CC(C)[C@@H](OC(=O)N1CCC1)C1CCC2C(CC3C4CCC5C(C)(C)[C@@H](OC(=O)NC6CNC6)CC[C@@]56C[C@@]46CC[C@]23C)O1. The molecule has 2 amide bonds. The molecule has 11 atom stereocenters. The van der Waals surface area contributed by atoms with Gasteiger partial charge in [0.1, 0.15) is 12.2 Å². The first-order valence-electron chi connectivity index (χ1n) is 18.3. The molecule has 3 saturated heterocycles. The zero-order chi connectivity index (χ0) is 30.6. The second-order valence-electron chi connectivity index (χ2n) is 17.7. The molecule has 8 fully saturated rings. The average molecular weight is 612 g/mol. The van der Waals surface area contributed by atoms with Gasteiger partial charge in [-0.15, -0.1) is 0 Å². The second kappa shape index (κ2) is 10.2. The van der Waals surface area contributed by atoms with Crippen molar-refractivity contribution in [3.8, 4) is 0 Å². The predicted molar refractivity (Wildman–Crippen MR) is 167 cm³/mol. The van der Waals surface area contributed by atoms with Gasteiger partial charge in [0.15, 0.2) is 0 Å². The van der Waals surface area contributed by atoms with Crippen molar-refractivity contribution in [1.29, 1.82) is 0 Å². The highest BCUT2D eigenvalue weighted by Gasteiger charge is 2.81. The van der Waals surface area contributed by atoms with Crippen LogP contribution in [0.2, 0.25) is 0 Å². The summed E-state index contributed by atoms with van der Waals surface area (Å²) in [5.74, 6) is 3.01. The molecular weight excluding hydrogens is 554 g/mol. The third-order valence-electron chi connectivity index (χ3n) is 15.3. The van der Waals surface area contributed by atoms with Crippen molar-refractivity contribution in [3.05, 3.63) is 0 Å². The number of carbonyl (C=O) groups is 2. The van der Waals surface area contributed by atoms with E-state index in [1.807, 2.05) is 4.90 Å². The van der Waals surface area contributed by atoms with Crippen molar-refractivity contribution in [3.63, 3.8) is 0 Å². The Bertz CT molecular complexity index is 1170. The molecule has 5 aliphatic carbocycles. The van der Waals surface area contributed by atoms with Crippen molar-refractivity contribution >= 4 is 12.2 Å². The van der Waals surface area contributed by atoms with E-state index in [1.165, 1.54) is 51.4 Å². The summed E-state index contributed by atoms with van der Waals surface area (Å²) in [6.45, 7) is 15.1. The Kier molecular flexibility index (Phi) is 6.94. The van der Waals surface area contributed by atoms with E-state index in [4.69, 9.17) is 14.2 Å². The summed E-state index contributed by atoms with van der Waals surface area (Å²) in [5, 5.41) is 6.29.